The van der Waals surface area contributed by atoms with Gasteiger partial charge in [0.05, 0.1) is 6.61 Å². The van der Waals surface area contributed by atoms with Crippen LogP contribution in [0, 0.1) is 6.92 Å². The molecular weight excluding hydrogens is 260 g/mol. The normalized spacial score (nSPS) is 12.6. The maximum absolute atomic E-state index is 11.3. The minimum atomic E-state index is -0.344. The molecule has 5 heteroatoms. The van der Waals surface area contributed by atoms with Crippen molar-refractivity contribution in [1.82, 2.24) is 0 Å². The van der Waals surface area contributed by atoms with Crippen molar-refractivity contribution in [3.8, 4) is 5.75 Å². The molecule has 0 amide bonds. The van der Waals surface area contributed by atoms with E-state index in [0.717, 1.165) is 10.9 Å². The third-order valence-corrected chi connectivity index (χ3v) is 3.04. The van der Waals surface area contributed by atoms with E-state index in [2.05, 4.69) is 0 Å². The summed E-state index contributed by atoms with van der Waals surface area (Å²) in [6.07, 6.45) is -0.120. The first kappa shape index (κ1) is 14.6. The summed E-state index contributed by atoms with van der Waals surface area (Å²) >= 11 is 0. The molecule has 0 N–H and O–H groups in total. The van der Waals surface area contributed by atoms with Crippen LogP contribution in [0.2, 0.25) is 0 Å². The molecule has 0 aliphatic carbocycles. The summed E-state index contributed by atoms with van der Waals surface area (Å²) in [4.78, 5) is 11.3. The van der Waals surface area contributed by atoms with E-state index in [1.807, 2.05) is 13.0 Å². The highest BCUT2D eigenvalue weighted by molar-refractivity contribution is 5.81. The molecule has 1 aromatic heterocycles. The van der Waals surface area contributed by atoms with Crippen LogP contribution in [0.5, 0.6) is 5.75 Å². The lowest BCUT2D eigenvalue weighted by molar-refractivity contribution is 0.000900. The predicted octanol–water partition coefficient (Wildman–Crippen LogP) is 2.14. The van der Waals surface area contributed by atoms with Gasteiger partial charge in [-0.3, -0.25) is 0 Å². The quantitative estimate of drug-likeness (QED) is 0.758. The van der Waals surface area contributed by atoms with E-state index in [0.29, 0.717) is 24.5 Å². The Morgan fingerprint density at radius 3 is 2.70 bits per heavy atom. The zero-order valence-electron chi connectivity index (χ0n) is 11.8. The molecule has 1 atom stereocenters. The molecule has 108 valence electrons. The molecule has 0 bridgehead atoms. The number of hydrogen-bond donors (Lipinski definition) is 0. The van der Waals surface area contributed by atoms with E-state index >= 15 is 0 Å². The lowest BCUT2D eigenvalue weighted by Gasteiger charge is -2.15. The van der Waals surface area contributed by atoms with Crippen LogP contribution >= 0.6 is 0 Å². The van der Waals surface area contributed by atoms with Crippen LogP contribution in [0.3, 0.4) is 0 Å². The van der Waals surface area contributed by atoms with Gasteiger partial charge in [-0.1, -0.05) is 0 Å². The van der Waals surface area contributed by atoms with Gasteiger partial charge in [0.1, 0.15) is 24.0 Å². The van der Waals surface area contributed by atoms with Gasteiger partial charge < -0.3 is 18.6 Å². The lowest BCUT2D eigenvalue weighted by atomic mass is 10.1. The van der Waals surface area contributed by atoms with Gasteiger partial charge in [-0.2, -0.15) is 0 Å². The molecule has 20 heavy (non-hydrogen) atoms. The predicted molar refractivity (Wildman–Crippen MR) is 75.4 cm³/mol. The Balaban J connectivity index is 2.17. The minimum Gasteiger partial charge on any atom is -0.491 e. The van der Waals surface area contributed by atoms with Gasteiger partial charge in [0.2, 0.25) is 0 Å². The molecule has 1 aromatic carbocycles. The van der Waals surface area contributed by atoms with Gasteiger partial charge >= 0.3 is 5.63 Å². The molecule has 1 heterocycles. The Morgan fingerprint density at radius 1 is 1.20 bits per heavy atom. The summed E-state index contributed by atoms with van der Waals surface area (Å²) in [5.74, 6) is 0.701. The largest absolute Gasteiger partial charge is 0.491 e. The van der Waals surface area contributed by atoms with Crippen LogP contribution in [0.15, 0.2) is 33.5 Å². The van der Waals surface area contributed by atoms with E-state index in [9.17, 15) is 4.79 Å². The molecule has 0 aliphatic rings. The second-order valence-electron chi connectivity index (χ2n) is 4.53. The summed E-state index contributed by atoms with van der Waals surface area (Å²) < 4.78 is 21.1. The van der Waals surface area contributed by atoms with Gasteiger partial charge in [0.15, 0.2) is 0 Å². The zero-order valence-corrected chi connectivity index (χ0v) is 11.8. The van der Waals surface area contributed by atoms with Crippen molar-refractivity contribution in [3.63, 3.8) is 0 Å². The number of fused-ring (bicyclic) bond motifs is 1. The summed E-state index contributed by atoms with van der Waals surface area (Å²) in [6.45, 7) is 2.73. The van der Waals surface area contributed by atoms with E-state index < -0.39 is 0 Å². The molecular formula is C15H18O5. The average Bonchev–Trinajstić information content (AvgIpc) is 2.43. The van der Waals surface area contributed by atoms with Crippen LogP contribution in [0.1, 0.15) is 5.56 Å². The maximum atomic E-state index is 11.3. The second kappa shape index (κ2) is 6.54. The lowest BCUT2D eigenvalue weighted by Crippen LogP contribution is -2.25. The van der Waals surface area contributed by atoms with Crippen molar-refractivity contribution in [2.45, 2.75) is 13.0 Å². The monoisotopic (exact) mass is 278 g/mol. The fourth-order valence-electron chi connectivity index (χ4n) is 1.95. The van der Waals surface area contributed by atoms with Crippen LogP contribution in [0.25, 0.3) is 11.0 Å². The SMILES string of the molecule is COC[C@H](COc1ccc2oc(=O)cc(C)c2c1)OC. The molecule has 0 unspecified atom stereocenters. The van der Waals surface area contributed by atoms with Crippen LogP contribution in [0.4, 0.5) is 0 Å². The van der Waals surface area contributed by atoms with Crippen molar-refractivity contribution in [3.05, 3.63) is 40.2 Å². The van der Waals surface area contributed by atoms with Crippen molar-refractivity contribution in [1.29, 1.82) is 0 Å². The summed E-state index contributed by atoms with van der Waals surface area (Å²) in [5.41, 5.74) is 1.08. The summed E-state index contributed by atoms with van der Waals surface area (Å²) in [5, 5.41) is 0.864. The molecule has 0 saturated heterocycles. The van der Waals surface area contributed by atoms with E-state index in [4.69, 9.17) is 18.6 Å². The van der Waals surface area contributed by atoms with E-state index in [1.165, 1.54) is 6.07 Å². The molecule has 0 fully saturated rings. The number of methoxy groups -OCH3 is 2. The maximum Gasteiger partial charge on any atom is 0.336 e. The third-order valence-electron chi connectivity index (χ3n) is 3.04. The third kappa shape index (κ3) is 3.37. The fraction of sp³-hybridized carbons (Fsp3) is 0.400. The van der Waals surface area contributed by atoms with E-state index in [-0.39, 0.29) is 11.7 Å². The van der Waals surface area contributed by atoms with Gasteiger partial charge in [0.25, 0.3) is 0 Å². The van der Waals surface area contributed by atoms with Gasteiger partial charge in [0, 0.05) is 25.7 Å². The van der Waals surface area contributed by atoms with E-state index in [1.54, 1.807) is 26.4 Å². The molecule has 2 aromatic rings. The Kier molecular flexibility index (Phi) is 4.76. The second-order valence-corrected chi connectivity index (χ2v) is 4.53. The Morgan fingerprint density at radius 2 is 2.00 bits per heavy atom. The molecule has 0 saturated carbocycles. The van der Waals surface area contributed by atoms with Crippen LogP contribution < -0.4 is 10.4 Å². The Hall–Kier alpha value is -1.85. The average molecular weight is 278 g/mol. The number of benzene rings is 1. The number of rotatable bonds is 6. The summed E-state index contributed by atoms with van der Waals surface area (Å²) in [6, 6.07) is 6.82. The minimum absolute atomic E-state index is 0.120. The van der Waals surface area contributed by atoms with Crippen molar-refractivity contribution in [2.24, 2.45) is 0 Å². The van der Waals surface area contributed by atoms with Crippen molar-refractivity contribution < 1.29 is 18.6 Å². The summed E-state index contributed by atoms with van der Waals surface area (Å²) in [7, 11) is 3.24. The fourth-order valence-corrected chi connectivity index (χ4v) is 1.95. The number of ether oxygens (including phenoxy) is 3. The van der Waals surface area contributed by atoms with Gasteiger partial charge in [-0.15, -0.1) is 0 Å². The van der Waals surface area contributed by atoms with Crippen molar-refractivity contribution in [2.75, 3.05) is 27.4 Å². The van der Waals surface area contributed by atoms with Crippen molar-refractivity contribution >= 4 is 11.0 Å². The zero-order chi connectivity index (χ0) is 14.5. The smallest absolute Gasteiger partial charge is 0.336 e. The molecule has 5 nitrogen and oxygen atoms in total. The van der Waals surface area contributed by atoms with Gasteiger partial charge in [-0.05, 0) is 30.7 Å². The highest BCUT2D eigenvalue weighted by Gasteiger charge is 2.09. The standard InChI is InChI=1S/C15H18O5/c1-10-6-15(16)20-14-5-4-11(7-13(10)14)19-9-12(18-3)8-17-2/h4-7,12H,8-9H2,1-3H3/t12-/m1/s1. The molecule has 0 spiro atoms. The first-order chi connectivity index (χ1) is 9.63. The highest BCUT2D eigenvalue weighted by Crippen LogP contribution is 2.22. The first-order valence-electron chi connectivity index (χ1n) is 6.33. The van der Waals surface area contributed by atoms with Crippen LogP contribution in [-0.4, -0.2) is 33.5 Å². The highest BCUT2D eigenvalue weighted by atomic mass is 16.5. The van der Waals surface area contributed by atoms with Crippen LogP contribution in [-0.2, 0) is 9.47 Å². The topological polar surface area (TPSA) is 57.9 Å². The first-order valence-corrected chi connectivity index (χ1v) is 6.33. The van der Waals surface area contributed by atoms with Gasteiger partial charge in [-0.25, -0.2) is 4.79 Å². The Labute approximate surface area is 117 Å². The number of hydrogen-bond acceptors (Lipinski definition) is 5. The molecule has 2 rings (SSSR count). The molecule has 0 radical (unpaired) electrons. The molecule has 0 aliphatic heterocycles. The number of aryl methyl sites for hydroxylation is 1. The Bertz CT molecular complexity index is 632.